The van der Waals surface area contributed by atoms with Gasteiger partial charge in [-0.3, -0.25) is 0 Å². The topological polar surface area (TPSA) is 18.5 Å². The van der Waals surface area contributed by atoms with Crippen LogP contribution in [-0.2, 0) is 16.3 Å². The minimum Gasteiger partial charge on any atom is -0.540 e. The molecule has 33 heavy (non-hydrogen) atoms. The summed E-state index contributed by atoms with van der Waals surface area (Å²) in [4.78, 5) is 0. The Morgan fingerprint density at radius 1 is 0.879 bits per heavy atom. The van der Waals surface area contributed by atoms with Gasteiger partial charge >= 0.3 is 8.32 Å². The molecule has 0 N–H and O–H groups in total. The van der Waals surface area contributed by atoms with Crippen molar-refractivity contribution < 1.29 is 9.16 Å². The third-order valence-corrected chi connectivity index (χ3v) is 12.1. The van der Waals surface area contributed by atoms with E-state index in [-0.39, 0.29) is 10.5 Å². The molecule has 0 aliphatic heterocycles. The van der Waals surface area contributed by atoms with Crippen LogP contribution in [-0.4, -0.2) is 15.4 Å². The fraction of sp³-hybridized carbons (Fsp3) is 0.333. The van der Waals surface area contributed by atoms with Gasteiger partial charge in [0.1, 0.15) is 5.75 Å². The van der Waals surface area contributed by atoms with E-state index in [1.165, 1.54) is 27.9 Å². The Morgan fingerprint density at radius 2 is 1.48 bits per heavy atom. The van der Waals surface area contributed by atoms with Crippen LogP contribution in [0.1, 0.15) is 51.7 Å². The van der Waals surface area contributed by atoms with Gasteiger partial charge in [0.25, 0.3) is 0 Å². The van der Waals surface area contributed by atoms with Crippen LogP contribution in [0.2, 0.25) is 5.04 Å². The summed E-state index contributed by atoms with van der Waals surface area (Å²) in [7, 11) is -0.842. The summed E-state index contributed by atoms with van der Waals surface area (Å²) in [5.74, 6) is 0.936. The molecule has 4 rings (SSSR count). The average Bonchev–Trinajstić information content (AvgIpc) is 2.82. The van der Waals surface area contributed by atoms with Gasteiger partial charge in [-0.15, -0.1) is 0 Å². The lowest BCUT2D eigenvalue weighted by atomic mass is 9.71. The first-order valence-corrected chi connectivity index (χ1v) is 13.8. The number of allylic oxidation sites excluding steroid dienone is 1. The maximum absolute atomic E-state index is 7.03. The van der Waals surface area contributed by atoms with E-state index < -0.39 is 8.32 Å². The van der Waals surface area contributed by atoms with Gasteiger partial charge in [-0.05, 0) is 64.0 Å². The van der Waals surface area contributed by atoms with Gasteiger partial charge in [-0.2, -0.15) is 0 Å². The monoisotopic (exact) mass is 456 g/mol. The molecule has 172 valence electrons. The average molecular weight is 457 g/mol. The fourth-order valence-electron chi connectivity index (χ4n) is 5.39. The van der Waals surface area contributed by atoms with E-state index >= 15 is 0 Å². The van der Waals surface area contributed by atoms with Gasteiger partial charge in [0.05, 0.1) is 13.4 Å². The molecule has 3 heteroatoms. The van der Waals surface area contributed by atoms with Gasteiger partial charge in [-0.25, -0.2) is 0 Å². The van der Waals surface area contributed by atoms with Crippen LogP contribution in [0.15, 0.2) is 91.2 Å². The quantitative estimate of drug-likeness (QED) is 0.316. The van der Waals surface area contributed by atoms with Crippen molar-refractivity contribution in [2.75, 3.05) is 7.11 Å². The maximum Gasteiger partial charge on any atom is 0.319 e. The molecule has 3 aromatic carbocycles. The first kappa shape index (κ1) is 23.4. The molecule has 0 heterocycles. The van der Waals surface area contributed by atoms with Crippen molar-refractivity contribution in [3.8, 4) is 5.75 Å². The molecule has 0 radical (unpaired) electrons. The Hall–Kier alpha value is -2.78. The Labute approximate surface area is 200 Å². The highest BCUT2D eigenvalue weighted by Crippen LogP contribution is 2.41. The predicted octanol–water partition coefficient (Wildman–Crippen LogP) is 6.38. The van der Waals surface area contributed by atoms with Gasteiger partial charge in [-0.1, -0.05) is 94.4 Å². The molecule has 0 saturated carbocycles. The second-order valence-electron chi connectivity index (χ2n) is 10.4. The second kappa shape index (κ2) is 9.22. The Bertz CT molecular complexity index is 1060. The maximum atomic E-state index is 7.03. The van der Waals surface area contributed by atoms with Crippen LogP contribution < -0.4 is 15.1 Å². The highest BCUT2D eigenvalue weighted by atomic mass is 28.4. The van der Waals surface area contributed by atoms with Crippen LogP contribution in [0.4, 0.5) is 0 Å². The Morgan fingerprint density at radius 3 is 2.03 bits per heavy atom. The van der Waals surface area contributed by atoms with E-state index in [2.05, 4.69) is 113 Å². The Kier molecular flexibility index (Phi) is 6.53. The van der Waals surface area contributed by atoms with Gasteiger partial charge in [0.15, 0.2) is 0 Å². The number of hydrogen-bond donors (Lipinski definition) is 0. The number of methoxy groups -OCH3 is 1. The van der Waals surface area contributed by atoms with Crippen molar-refractivity contribution >= 4 is 18.7 Å². The van der Waals surface area contributed by atoms with Crippen molar-refractivity contribution in [3.05, 3.63) is 102 Å². The first-order chi connectivity index (χ1) is 15.8. The number of aryl methyl sites for hydroxylation is 1. The largest absolute Gasteiger partial charge is 0.540 e. The van der Waals surface area contributed by atoms with E-state index in [4.69, 9.17) is 9.16 Å². The summed E-state index contributed by atoms with van der Waals surface area (Å²) in [6, 6.07) is 28.2. The molecule has 0 aromatic heterocycles. The lowest BCUT2D eigenvalue weighted by Crippen LogP contribution is -2.65. The van der Waals surface area contributed by atoms with Gasteiger partial charge in [0, 0.05) is 5.41 Å². The number of benzene rings is 3. The van der Waals surface area contributed by atoms with E-state index in [0.29, 0.717) is 0 Å². The summed E-state index contributed by atoms with van der Waals surface area (Å²) < 4.78 is 12.5. The molecule has 1 atom stereocenters. The molecule has 0 saturated heterocycles. The van der Waals surface area contributed by atoms with Crippen molar-refractivity contribution in [3.63, 3.8) is 0 Å². The predicted molar refractivity (Wildman–Crippen MR) is 141 cm³/mol. The molecular weight excluding hydrogens is 420 g/mol. The third kappa shape index (κ3) is 4.39. The Balaban J connectivity index is 1.76. The van der Waals surface area contributed by atoms with Gasteiger partial charge in [0.2, 0.25) is 0 Å². The summed E-state index contributed by atoms with van der Waals surface area (Å²) in [6.45, 7) is 9.29. The zero-order chi connectivity index (χ0) is 23.5. The molecular formula is C30H36O2Si. The molecule has 1 aliphatic carbocycles. The van der Waals surface area contributed by atoms with Crippen LogP contribution in [0.25, 0.3) is 0 Å². The van der Waals surface area contributed by atoms with Crippen molar-refractivity contribution in [2.24, 2.45) is 0 Å². The third-order valence-electron chi connectivity index (χ3n) is 7.17. The fourth-order valence-corrected chi connectivity index (χ4v) is 9.68. The van der Waals surface area contributed by atoms with E-state index in [1.807, 2.05) is 6.26 Å². The molecule has 1 aliphatic rings. The molecule has 0 amide bonds. The molecule has 2 nitrogen and oxygen atoms in total. The summed E-state index contributed by atoms with van der Waals surface area (Å²) in [6.07, 6.45) is 7.71. The zero-order valence-electron chi connectivity index (χ0n) is 20.6. The first-order valence-electron chi connectivity index (χ1n) is 11.9. The van der Waals surface area contributed by atoms with Gasteiger partial charge < -0.3 is 9.16 Å². The number of hydrogen-bond acceptors (Lipinski definition) is 2. The summed E-state index contributed by atoms with van der Waals surface area (Å²) >= 11 is 0. The number of ether oxygens (including phenoxy) is 1. The molecule has 0 bridgehead atoms. The smallest absolute Gasteiger partial charge is 0.319 e. The highest BCUT2D eigenvalue weighted by molar-refractivity contribution is 6.99. The van der Waals surface area contributed by atoms with Crippen molar-refractivity contribution in [1.29, 1.82) is 0 Å². The van der Waals surface area contributed by atoms with Crippen LogP contribution in [0, 0.1) is 0 Å². The minimum atomic E-state index is -2.58. The summed E-state index contributed by atoms with van der Waals surface area (Å²) in [5.41, 5.74) is 2.72. The standard InChI is InChI=1S/C30H36O2Si/c1-29(2,3)33(26-14-8-6-9-15-26,27-16-10-7-11-17-27)32-22-21-30(4)20-12-13-24-23-25(31-5)18-19-28(24)30/h6-11,14-19,21-23H,12-13,20H2,1-5H3/b22-21+/t30-/m0/s1. The SMILES string of the molecule is COc1ccc2c(c1)CCC[C@@]2(C)/C=C/O[Si](c1ccccc1)(c1ccccc1)C(C)(C)C. The lowest BCUT2D eigenvalue weighted by Gasteiger charge is -2.42. The molecule has 0 unspecified atom stereocenters. The molecule has 0 spiro atoms. The van der Waals surface area contributed by atoms with Crippen LogP contribution in [0.5, 0.6) is 5.75 Å². The van der Waals surface area contributed by atoms with E-state index in [0.717, 1.165) is 18.6 Å². The normalized spacial score (nSPS) is 18.7. The second-order valence-corrected chi connectivity index (χ2v) is 14.6. The number of rotatable bonds is 6. The molecule has 3 aromatic rings. The van der Waals surface area contributed by atoms with E-state index in [1.54, 1.807) is 7.11 Å². The highest BCUT2D eigenvalue weighted by Gasteiger charge is 2.51. The zero-order valence-corrected chi connectivity index (χ0v) is 21.6. The van der Waals surface area contributed by atoms with E-state index in [9.17, 15) is 0 Å². The summed E-state index contributed by atoms with van der Waals surface area (Å²) in [5, 5.41) is 2.55. The lowest BCUT2D eigenvalue weighted by molar-refractivity contribution is 0.408. The van der Waals surface area contributed by atoms with Crippen LogP contribution in [0.3, 0.4) is 0 Å². The minimum absolute atomic E-state index is 0.0429. The molecule has 0 fully saturated rings. The number of fused-ring (bicyclic) bond motifs is 1. The van der Waals surface area contributed by atoms with Crippen LogP contribution >= 0.6 is 0 Å². The van der Waals surface area contributed by atoms with Crippen molar-refractivity contribution in [1.82, 2.24) is 0 Å². The van der Waals surface area contributed by atoms with Crippen molar-refractivity contribution in [2.45, 2.75) is 57.4 Å².